The molecule has 5 nitrogen and oxygen atoms in total. The molecule has 0 aliphatic heterocycles. The number of ether oxygens (including phenoxy) is 1. The van der Waals surface area contributed by atoms with Gasteiger partial charge in [-0.25, -0.2) is 5.43 Å². The van der Waals surface area contributed by atoms with Gasteiger partial charge in [-0.15, -0.1) is 0 Å². The fourth-order valence-corrected chi connectivity index (χ4v) is 3.15. The lowest BCUT2D eigenvalue weighted by atomic mass is 10.0. The van der Waals surface area contributed by atoms with Gasteiger partial charge in [-0.1, -0.05) is 72.8 Å². The summed E-state index contributed by atoms with van der Waals surface area (Å²) in [5.74, 6) is 0.176. The number of para-hydroxylation sites is 1. The molecule has 0 spiro atoms. The zero-order chi connectivity index (χ0) is 20.8. The molecule has 0 aromatic heterocycles. The van der Waals surface area contributed by atoms with Crippen molar-refractivity contribution < 1.29 is 14.6 Å². The Hall–Kier alpha value is -4.12. The van der Waals surface area contributed by atoms with Gasteiger partial charge in [-0.2, -0.15) is 5.10 Å². The van der Waals surface area contributed by atoms with Crippen LogP contribution in [0.3, 0.4) is 0 Å². The largest absolute Gasteiger partial charge is 0.507 e. The van der Waals surface area contributed by atoms with Crippen LogP contribution in [-0.4, -0.2) is 17.2 Å². The van der Waals surface area contributed by atoms with E-state index in [2.05, 4.69) is 10.5 Å². The maximum atomic E-state index is 12.6. The number of nitrogens with zero attached hydrogens (tertiary/aromatic N) is 1. The molecule has 0 fully saturated rings. The summed E-state index contributed by atoms with van der Waals surface area (Å²) in [5.41, 5.74) is 4.45. The molecule has 0 aliphatic carbocycles. The summed E-state index contributed by atoms with van der Waals surface area (Å²) in [5, 5.41) is 16.1. The zero-order valence-corrected chi connectivity index (χ0v) is 16.2. The Morgan fingerprint density at radius 3 is 2.50 bits per heavy atom. The molecule has 30 heavy (non-hydrogen) atoms. The SMILES string of the molecule is O=C(NN=Cc1c(O)ccc2ccccc12)c1ccccc1OCc1ccccc1. The van der Waals surface area contributed by atoms with Gasteiger partial charge in [0.15, 0.2) is 0 Å². The predicted octanol–water partition coefficient (Wildman–Crippen LogP) is 4.89. The van der Waals surface area contributed by atoms with Crippen molar-refractivity contribution in [3.05, 3.63) is 108 Å². The Balaban J connectivity index is 1.49. The number of fused-ring (bicyclic) bond motifs is 1. The Bertz CT molecular complexity index is 1200. The van der Waals surface area contributed by atoms with E-state index in [1.807, 2.05) is 66.7 Å². The van der Waals surface area contributed by atoms with Gasteiger partial charge in [0.05, 0.1) is 11.8 Å². The van der Waals surface area contributed by atoms with E-state index in [0.29, 0.717) is 23.5 Å². The number of benzene rings is 4. The molecule has 1 amide bonds. The molecule has 148 valence electrons. The van der Waals surface area contributed by atoms with Crippen molar-refractivity contribution in [2.75, 3.05) is 0 Å². The number of carbonyl (C=O) groups is 1. The fourth-order valence-electron chi connectivity index (χ4n) is 3.15. The molecule has 4 aromatic rings. The number of hydrogen-bond donors (Lipinski definition) is 2. The molecular formula is C25H20N2O3. The van der Waals surface area contributed by atoms with Gasteiger partial charge in [0.25, 0.3) is 5.91 Å². The second-order valence-corrected chi connectivity index (χ2v) is 6.69. The van der Waals surface area contributed by atoms with Crippen molar-refractivity contribution in [1.82, 2.24) is 5.43 Å². The zero-order valence-electron chi connectivity index (χ0n) is 16.2. The lowest BCUT2D eigenvalue weighted by Gasteiger charge is -2.10. The molecular weight excluding hydrogens is 376 g/mol. The van der Waals surface area contributed by atoms with E-state index in [1.165, 1.54) is 6.21 Å². The number of amides is 1. The first-order valence-electron chi connectivity index (χ1n) is 9.52. The van der Waals surface area contributed by atoms with Crippen LogP contribution in [0, 0.1) is 0 Å². The maximum Gasteiger partial charge on any atom is 0.275 e. The van der Waals surface area contributed by atoms with Crippen molar-refractivity contribution in [1.29, 1.82) is 0 Å². The highest BCUT2D eigenvalue weighted by atomic mass is 16.5. The summed E-state index contributed by atoms with van der Waals surface area (Å²) in [6, 6.07) is 27.9. The summed E-state index contributed by atoms with van der Waals surface area (Å²) in [4.78, 5) is 12.6. The molecule has 5 heteroatoms. The summed E-state index contributed by atoms with van der Waals surface area (Å²) in [6.45, 7) is 0.359. The Morgan fingerprint density at radius 2 is 1.63 bits per heavy atom. The van der Waals surface area contributed by atoms with Crippen molar-refractivity contribution in [2.24, 2.45) is 5.10 Å². The van der Waals surface area contributed by atoms with Crippen LogP contribution in [-0.2, 0) is 6.61 Å². The first-order chi connectivity index (χ1) is 14.7. The number of carbonyl (C=O) groups excluding carboxylic acids is 1. The molecule has 4 aromatic carbocycles. The molecule has 0 heterocycles. The minimum absolute atomic E-state index is 0.0956. The highest BCUT2D eigenvalue weighted by Gasteiger charge is 2.12. The molecule has 0 saturated carbocycles. The van der Waals surface area contributed by atoms with Crippen LogP contribution in [0.5, 0.6) is 11.5 Å². The summed E-state index contributed by atoms with van der Waals surface area (Å²) in [7, 11) is 0. The van der Waals surface area contributed by atoms with Crippen LogP contribution in [0.1, 0.15) is 21.5 Å². The lowest BCUT2D eigenvalue weighted by Crippen LogP contribution is -2.18. The summed E-state index contributed by atoms with van der Waals surface area (Å²) < 4.78 is 5.83. The van der Waals surface area contributed by atoms with E-state index in [9.17, 15) is 9.90 Å². The third-order valence-electron chi connectivity index (χ3n) is 4.68. The van der Waals surface area contributed by atoms with E-state index in [1.54, 1.807) is 24.3 Å². The van der Waals surface area contributed by atoms with Gasteiger partial charge in [0.2, 0.25) is 0 Å². The number of hydrogen-bond acceptors (Lipinski definition) is 4. The first-order valence-corrected chi connectivity index (χ1v) is 9.52. The smallest absolute Gasteiger partial charge is 0.275 e. The molecule has 2 N–H and O–H groups in total. The predicted molar refractivity (Wildman–Crippen MR) is 118 cm³/mol. The third kappa shape index (κ3) is 4.31. The van der Waals surface area contributed by atoms with E-state index in [0.717, 1.165) is 16.3 Å². The van der Waals surface area contributed by atoms with Crippen LogP contribution in [0.25, 0.3) is 10.8 Å². The topological polar surface area (TPSA) is 70.9 Å². The van der Waals surface area contributed by atoms with Gasteiger partial charge in [0.1, 0.15) is 18.1 Å². The highest BCUT2D eigenvalue weighted by molar-refractivity contribution is 6.03. The number of phenolic OH excluding ortho intramolecular Hbond substituents is 1. The lowest BCUT2D eigenvalue weighted by molar-refractivity contribution is 0.0950. The monoisotopic (exact) mass is 396 g/mol. The Morgan fingerprint density at radius 1 is 0.900 bits per heavy atom. The molecule has 0 atom stereocenters. The highest BCUT2D eigenvalue weighted by Crippen LogP contribution is 2.25. The minimum atomic E-state index is -0.394. The number of rotatable bonds is 6. The van der Waals surface area contributed by atoms with E-state index < -0.39 is 5.91 Å². The van der Waals surface area contributed by atoms with Crippen molar-refractivity contribution in [3.63, 3.8) is 0 Å². The average molecular weight is 396 g/mol. The molecule has 0 aliphatic rings. The summed E-state index contributed by atoms with van der Waals surface area (Å²) in [6.07, 6.45) is 1.45. The Labute approximate surface area is 174 Å². The van der Waals surface area contributed by atoms with E-state index in [-0.39, 0.29) is 5.75 Å². The van der Waals surface area contributed by atoms with Crippen molar-refractivity contribution >= 4 is 22.9 Å². The van der Waals surface area contributed by atoms with Gasteiger partial charge in [-0.3, -0.25) is 4.79 Å². The molecule has 0 saturated heterocycles. The van der Waals surface area contributed by atoms with Crippen LogP contribution >= 0.6 is 0 Å². The second-order valence-electron chi connectivity index (χ2n) is 6.69. The standard InChI is InChI=1S/C25H20N2O3/c28-23-15-14-19-10-4-5-11-20(19)22(23)16-26-27-25(29)21-12-6-7-13-24(21)30-17-18-8-2-1-3-9-18/h1-16,28H,17H2,(H,27,29). The number of aromatic hydroxyl groups is 1. The van der Waals surface area contributed by atoms with Gasteiger partial charge in [-0.05, 0) is 34.5 Å². The summed E-state index contributed by atoms with van der Waals surface area (Å²) >= 11 is 0. The van der Waals surface area contributed by atoms with Crippen LogP contribution in [0.15, 0.2) is 96.1 Å². The molecule has 0 radical (unpaired) electrons. The fraction of sp³-hybridized carbons (Fsp3) is 0.0400. The Kier molecular flexibility index (Phi) is 5.71. The van der Waals surface area contributed by atoms with E-state index in [4.69, 9.17) is 4.74 Å². The average Bonchev–Trinajstić information content (AvgIpc) is 2.80. The second kappa shape index (κ2) is 8.92. The van der Waals surface area contributed by atoms with Gasteiger partial charge >= 0.3 is 0 Å². The van der Waals surface area contributed by atoms with Crippen LogP contribution in [0.2, 0.25) is 0 Å². The number of hydrazone groups is 1. The first kappa shape index (κ1) is 19.2. The van der Waals surface area contributed by atoms with Crippen molar-refractivity contribution in [3.8, 4) is 11.5 Å². The minimum Gasteiger partial charge on any atom is -0.507 e. The molecule has 0 bridgehead atoms. The van der Waals surface area contributed by atoms with Gasteiger partial charge < -0.3 is 9.84 Å². The van der Waals surface area contributed by atoms with Crippen LogP contribution in [0.4, 0.5) is 0 Å². The normalized spacial score (nSPS) is 10.9. The number of nitrogens with one attached hydrogen (secondary N) is 1. The maximum absolute atomic E-state index is 12.6. The molecule has 0 unspecified atom stereocenters. The van der Waals surface area contributed by atoms with Crippen molar-refractivity contribution in [2.45, 2.75) is 6.61 Å². The van der Waals surface area contributed by atoms with Gasteiger partial charge in [0, 0.05) is 5.56 Å². The van der Waals surface area contributed by atoms with Crippen LogP contribution < -0.4 is 10.2 Å². The number of phenols is 1. The third-order valence-corrected chi connectivity index (χ3v) is 4.68. The molecule has 4 rings (SSSR count). The van der Waals surface area contributed by atoms with E-state index >= 15 is 0 Å². The quantitative estimate of drug-likeness (QED) is 0.360.